The van der Waals surface area contributed by atoms with E-state index in [0.29, 0.717) is 5.82 Å². The molecule has 1 aromatic carbocycles. The topological polar surface area (TPSA) is 70.8 Å². The Morgan fingerprint density at radius 2 is 1.90 bits per heavy atom. The highest BCUT2D eigenvalue weighted by Gasteiger charge is 2.12. The first-order valence-electron chi connectivity index (χ1n) is 6.21. The third-order valence-corrected chi connectivity index (χ3v) is 3.30. The highest BCUT2D eigenvalue weighted by Crippen LogP contribution is 2.25. The van der Waals surface area contributed by atoms with E-state index in [0.717, 1.165) is 16.9 Å². The second kappa shape index (κ2) is 4.41. The van der Waals surface area contributed by atoms with Crippen molar-refractivity contribution in [1.82, 2.24) is 18.9 Å². The van der Waals surface area contributed by atoms with Crippen molar-refractivity contribution in [2.75, 3.05) is 5.73 Å². The highest BCUT2D eigenvalue weighted by atomic mass is 16.1. The Labute approximate surface area is 115 Å². The lowest BCUT2D eigenvalue weighted by atomic mass is 10.1. The molecule has 3 rings (SSSR count). The van der Waals surface area contributed by atoms with Crippen LogP contribution in [0.5, 0.6) is 0 Å². The summed E-state index contributed by atoms with van der Waals surface area (Å²) in [7, 11) is 3.51. The van der Waals surface area contributed by atoms with Crippen molar-refractivity contribution in [2.45, 2.75) is 0 Å². The molecule has 2 aromatic heterocycles. The molecule has 0 unspecified atom stereocenters. The fourth-order valence-corrected chi connectivity index (χ4v) is 2.16. The Morgan fingerprint density at radius 3 is 2.50 bits per heavy atom. The largest absolute Gasteiger partial charge is 0.384 e. The van der Waals surface area contributed by atoms with Gasteiger partial charge in [-0.3, -0.25) is 9.25 Å². The first-order valence-corrected chi connectivity index (χ1v) is 6.21. The van der Waals surface area contributed by atoms with Crippen molar-refractivity contribution in [3.05, 3.63) is 53.2 Å². The molecule has 2 heterocycles. The van der Waals surface area contributed by atoms with Crippen LogP contribution in [0.2, 0.25) is 0 Å². The third kappa shape index (κ3) is 1.82. The van der Waals surface area contributed by atoms with Gasteiger partial charge in [0, 0.05) is 38.1 Å². The van der Waals surface area contributed by atoms with Crippen molar-refractivity contribution in [1.29, 1.82) is 0 Å². The standard InChI is InChI=1S/C14H15N5O/c1-17-7-8-19(14(17)20)12-6-4-3-5-10(12)11-9-13(15)18(2)16-11/h3-9H,15H2,1-2H3. The van der Waals surface area contributed by atoms with Crippen LogP contribution in [0.4, 0.5) is 5.82 Å². The fraction of sp³-hybridized carbons (Fsp3) is 0.143. The molecule has 3 aromatic rings. The Morgan fingerprint density at radius 1 is 1.15 bits per heavy atom. The molecule has 2 N–H and O–H groups in total. The van der Waals surface area contributed by atoms with Crippen molar-refractivity contribution < 1.29 is 0 Å². The fourth-order valence-electron chi connectivity index (χ4n) is 2.16. The number of nitrogens with two attached hydrogens (primary N) is 1. The average molecular weight is 269 g/mol. The lowest BCUT2D eigenvalue weighted by molar-refractivity contribution is 0.781. The Kier molecular flexibility index (Phi) is 2.71. The molecule has 20 heavy (non-hydrogen) atoms. The molecular weight excluding hydrogens is 254 g/mol. The van der Waals surface area contributed by atoms with Gasteiger partial charge in [0.25, 0.3) is 0 Å². The number of nitrogens with zero attached hydrogens (tertiary/aromatic N) is 4. The second-order valence-corrected chi connectivity index (χ2v) is 4.66. The lowest BCUT2D eigenvalue weighted by Gasteiger charge is -2.07. The predicted octanol–water partition coefficient (Wildman–Crippen LogP) is 1.16. The maximum atomic E-state index is 12.1. The summed E-state index contributed by atoms with van der Waals surface area (Å²) in [6, 6.07) is 9.42. The number of anilines is 1. The van der Waals surface area contributed by atoms with Gasteiger partial charge in [-0.2, -0.15) is 5.10 Å². The molecule has 0 atom stereocenters. The van der Waals surface area contributed by atoms with E-state index in [2.05, 4.69) is 5.10 Å². The minimum absolute atomic E-state index is 0.0960. The van der Waals surface area contributed by atoms with E-state index in [1.165, 1.54) is 4.57 Å². The molecule has 0 saturated carbocycles. The number of nitrogen functional groups attached to an aromatic ring is 1. The molecular formula is C14H15N5O. The summed E-state index contributed by atoms with van der Waals surface area (Å²) in [4.78, 5) is 12.1. The summed E-state index contributed by atoms with van der Waals surface area (Å²) in [5.74, 6) is 0.579. The van der Waals surface area contributed by atoms with Gasteiger partial charge in [0.05, 0.1) is 11.4 Å². The van der Waals surface area contributed by atoms with Gasteiger partial charge in [-0.05, 0) is 6.07 Å². The maximum absolute atomic E-state index is 12.1. The third-order valence-electron chi connectivity index (χ3n) is 3.30. The lowest BCUT2D eigenvalue weighted by Crippen LogP contribution is -2.20. The van der Waals surface area contributed by atoms with E-state index >= 15 is 0 Å². The van der Waals surface area contributed by atoms with Gasteiger partial charge in [0.1, 0.15) is 5.82 Å². The molecule has 0 aliphatic rings. The van der Waals surface area contributed by atoms with Crippen molar-refractivity contribution in [2.24, 2.45) is 14.1 Å². The Bertz CT molecular complexity index is 805. The Balaban J connectivity index is 2.23. The molecule has 0 fully saturated rings. The van der Waals surface area contributed by atoms with E-state index in [1.54, 1.807) is 41.8 Å². The molecule has 0 spiro atoms. The van der Waals surface area contributed by atoms with Gasteiger partial charge >= 0.3 is 5.69 Å². The van der Waals surface area contributed by atoms with Gasteiger partial charge in [0.15, 0.2) is 0 Å². The van der Waals surface area contributed by atoms with E-state index in [4.69, 9.17) is 5.73 Å². The number of hydrogen-bond donors (Lipinski definition) is 1. The van der Waals surface area contributed by atoms with Crippen LogP contribution < -0.4 is 11.4 Å². The first kappa shape index (κ1) is 12.3. The van der Waals surface area contributed by atoms with Crippen molar-refractivity contribution in [3.63, 3.8) is 0 Å². The summed E-state index contributed by atoms with van der Waals surface area (Å²) in [6.45, 7) is 0. The van der Waals surface area contributed by atoms with Gasteiger partial charge in [-0.25, -0.2) is 4.79 Å². The van der Waals surface area contributed by atoms with Crippen LogP contribution in [0.1, 0.15) is 0 Å². The second-order valence-electron chi connectivity index (χ2n) is 4.66. The minimum atomic E-state index is -0.0960. The first-order chi connectivity index (χ1) is 9.58. The summed E-state index contributed by atoms with van der Waals surface area (Å²) < 4.78 is 4.74. The number of hydrogen-bond acceptors (Lipinski definition) is 3. The number of benzene rings is 1. The molecule has 102 valence electrons. The van der Waals surface area contributed by atoms with Crippen LogP contribution in [0, 0.1) is 0 Å². The number of imidazole rings is 1. The van der Waals surface area contributed by atoms with Crippen LogP contribution in [0.3, 0.4) is 0 Å². The normalized spacial score (nSPS) is 10.9. The van der Waals surface area contributed by atoms with E-state index in [9.17, 15) is 4.79 Å². The van der Waals surface area contributed by atoms with E-state index < -0.39 is 0 Å². The summed E-state index contributed by atoms with van der Waals surface area (Å²) in [5.41, 5.74) is 8.14. The number of aromatic nitrogens is 4. The minimum Gasteiger partial charge on any atom is -0.384 e. The predicted molar refractivity (Wildman–Crippen MR) is 77.6 cm³/mol. The molecule has 0 aliphatic carbocycles. The van der Waals surface area contributed by atoms with Crippen LogP contribution in [-0.2, 0) is 14.1 Å². The molecule has 6 heteroatoms. The van der Waals surface area contributed by atoms with Crippen LogP contribution in [0.15, 0.2) is 47.5 Å². The van der Waals surface area contributed by atoms with Crippen LogP contribution >= 0.6 is 0 Å². The number of aryl methyl sites for hydroxylation is 2. The molecule has 0 bridgehead atoms. The molecule has 0 radical (unpaired) electrons. The smallest absolute Gasteiger partial charge is 0.332 e. The molecule has 0 amide bonds. The average Bonchev–Trinajstić information content (AvgIpc) is 2.95. The zero-order chi connectivity index (χ0) is 14.3. The summed E-state index contributed by atoms with van der Waals surface area (Å²) in [5, 5.41) is 4.37. The molecule has 6 nitrogen and oxygen atoms in total. The van der Waals surface area contributed by atoms with E-state index in [1.807, 2.05) is 24.3 Å². The summed E-state index contributed by atoms with van der Waals surface area (Å²) in [6.07, 6.45) is 3.47. The molecule has 0 aliphatic heterocycles. The SMILES string of the molecule is Cn1nc(-c2ccccc2-n2ccn(C)c2=O)cc1N. The summed E-state index contributed by atoms with van der Waals surface area (Å²) >= 11 is 0. The van der Waals surface area contributed by atoms with Crippen LogP contribution in [0.25, 0.3) is 16.9 Å². The van der Waals surface area contributed by atoms with Crippen LogP contribution in [-0.4, -0.2) is 18.9 Å². The maximum Gasteiger partial charge on any atom is 0.332 e. The monoisotopic (exact) mass is 269 g/mol. The quantitative estimate of drug-likeness (QED) is 0.759. The zero-order valence-electron chi connectivity index (χ0n) is 11.3. The van der Waals surface area contributed by atoms with Gasteiger partial charge in [-0.15, -0.1) is 0 Å². The zero-order valence-corrected chi connectivity index (χ0v) is 11.3. The van der Waals surface area contributed by atoms with E-state index in [-0.39, 0.29) is 5.69 Å². The Hall–Kier alpha value is -2.76. The molecule has 0 saturated heterocycles. The van der Waals surface area contributed by atoms with Crippen molar-refractivity contribution >= 4 is 5.82 Å². The van der Waals surface area contributed by atoms with Gasteiger partial charge in [-0.1, -0.05) is 18.2 Å². The number of rotatable bonds is 2. The van der Waals surface area contributed by atoms with Gasteiger partial charge in [0.2, 0.25) is 0 Å². The van der Waals surface area contributed by atoms with Crippen molar-refractivity contribution in [3.8, 4) is 16.9 Å². The van der Waals surface area contributed by atoms with Gasteiger partial charge < -0.3 is 10.3 Å². The number of para-hydroxylation sites is 1. The highest BCUT2D eigenvalue weighted by molar-refractivity contribution is 5.71.